The van der Waals surface area contributed by atoms with E-state index in [1.807, 2.05) is 24.3 Å². The van der Waals surface area contributed by atoms with Crippen LogP contribution < -0.4 is 15.0 Å². The van der Waals surface area contributed by atoms with Gasteiger partial charge in [0.25, 0.3) is 0 Å². The molecule has 2 aromatic heterocycles. The van der Waals surface area contributed by atoms with Crippen LogP contribution in [0.5, 0.6) is 6.01 Å². The summed E-state index contributed by atoms with van der Waals surface area (Å²) in [5.74, 6) is 0.627. The Morgan fingerprint density at radius 2 is 2.03 bits per heavy atom. The largest absolute Gasteiger partial charge is 0.463 e. The van der Waals surface area contributed by atoms with E-state index >= 15 is 0 Å². The molecule has 1 aliphatic heterocycles. The number of benzene rings is 1. The molecule has 1 N–H and O–H groups in total. The summed E-state index contributed by atoms with van der Waals surface area (Å²) in [5.41, 5.74) is 1.95. The summed E-state index contributed by atoms with van der Waals surface area (Å²) >= 11 is 6.31. The van der Waals surface area contributed by atoms with Crippen molar-refractivity contribution in [2.24, 2.45) is 5.41 Å². The van der Waals surface area contributed by atoms with Gasteiger partial charge in [-0.15, -0.1) is 10.2 Å². The molecule has 1 atom stereocenters. The van der Waals surface area contributed by atoms with Crippen LogP contribution in [0.2, 0.25) is 5.02 Å². The Morgan fingerprint density at radius 3 is 2.75 bits per heavy atom. The molecule has 1 aromatic carbocycles. The molecule has 32 heavy (non-hydrogen) atoms. The average molecular weight is 458 g/mol. The Labute approximate surface area is 192 Å². The molecule has 0 radical (unpaired) electrons. The molecule has 1 aliphatic rings. The lowest BCUT2D eigenvalue weighted by Gasteiger charge is -2.20. The van der Waals surface area contributed by atoms with Gasteiger partial charge >= 0.3 is 6.01 Å². The lowest BCUT2D eigenvalue weighted by atomic mass is 9.99. The molecule has 0 aliphatic carbocycles. The molecule has 0 bridgehead atoms. The second-order valence-electron chi connectivity index (χ2n) is 9.31. The predicted octanol–water partition coefficient (Wildman–Crippen LogP) is 3.06. The first-order valence-corrected chi connectivity index (χ1v) is 11.1. The molecule has 4 rings (SSSR count). The zero-order chi connectivity index (χ0) is 22.9. The number of hydrogen-bond donors (Lipinski definition) is 1. The number of amides is 1. The number of carbonyl (C=O) groups is 1. The first kappa shape index (κ1) is 22.3. The number of anilines is 1. The van der Waals surface area contributed by atoms with Crippen LogP contribution in [0, 0.1) is 5.41 Å². The van der Waals surface area contributed by atoms with Gasteiger partial charge in [0.2, 0.25) is 11.6 Å². The van der Waals surface area contributed by atoms with Crippen molar-refractivity contribution in [3.63, 3.8) is 0 Å². The fraction of sp³-hybridized carbons (Fsp3) is 0.500. The van der Waals surface area contributed by atoms with Crippen LogP contribution in [0.25, 0.3) is 11.2 Å². The summed E-state index contributed by atoms with van der Waals surface area (Å²) in [6, 6.07) is 7.95. The maximum absolute atomic E-state index is 11.5. The third kappa shape index (κ3) is 5.27. The highest BCUT2D eigenvalue weighted by Gasteiger charge is 2.28. The van der Waals surface area contributed by atoms with Gasteiger partial charge in [-0.3, -0.25) is 4.79 Å². The van der Waals surface area contributed by atoms with E-state index in [1.165, 1.54) is 6.92 Å². The van der Waals surface area contributed by atoms with E-state index in [0.29, 0.717) is 41.7 Å². The third-order valence-corrected chi connectivity index (χ3v) is 5.42. The molecular weight excluding hydrogens is 430 g/mol. The minimum absolute atomic E-state index is 0.0374. The SMILES string of the molecule is CC(=O)N[C@H]1CCN(c2nc(OCC(C)(C)C)nc3nn(Cc4ccccc4Cl)nc23)C1. The van der Waals surface area contributed by atoms with Crippen molar-refractivity contribution in [2.45, 2.75) is 46.7 Å². The first-order chi connectivity index (χ1) is 15.2. The maximum atomic E-state index is 11.5. The number of ether oxygens (including phenoxy) is 1. The Kier molecular flexibility index (Phi) is 6.19. The van der Waals surface area contributed by atoms with E-state index in [0.717, 1.165) is 18.5 Å². The van der Waals surface area contributed by atoms with E-state index < -0.39 is 0 Å². The Bertz CT molecular complexity index is 1130. The molecule has 1 amide bonds. The normalized spacial score (nSPS) is 16.5. The molecule has 1 fully saturated rings. The maximum Gasteiger partial charge on any atom is 0.320 e. The van der Waals surface area contributed by atoms with Crippen molar-refractivity contribution in [1.29, 1.82) is 0 Å². The van der Waals surface area contributed by atoms with Gasteiger partial charge in [0, 0.05) is 31.1 Å². The lowest BCUT2D eigenvalue weighted by Crippen LogP contribution is -2.35. The van der Waals surface area contributed by atoms with Crippen LogP contribution in [0.1, 0.15) is 39.7 Å². The molecule has 3 heterocycles. The molecule has 10 heteroatoms. The fourth-order valence-corrected chi connectivity index (χ4v) is 3.79. The third-order valence-electron chi connectivity index (χ3n) is 5.05. The molecule has 170 valence electrons. The fourth-order valence-electron chi connectivity index (χ4n) is 3.59. The quantitative estimate of drug-likeness (QED) is 0.607. The number of nitrogens with zero attached hydrogens (tertiary/aromatic N) is 6. The van der Waals surface area contributed by atoms with Gasteiger partial charge in [-0.05, 0) is 23.5 Å². The number of carbonyl (C=O) groups excluding carboxylic acids is 1. The molecule has 0 spiro atoms. The number of aromatic nitrogens is 5. The van der Waals surface area contributed by atoms with E-state index in [1.54, 1.807) is 4.80 Å². The molecular formula is C22H28ClN7O2. The number of hydrogen-bond acceptors (Lipinski definition) is 7. The Hall–Kier alpha value is -2.94. The van der Waals surface area contributed by atoms with Gasteiger partial charge in [-0.1, -0.05) is 50.6 Å². The zero-order valence-electron chi connectivity index (χ0n) is 18.8. The molecule has 1 saturated heterocycles. The van der Waals surface area contributed by atoms with Crippen molar-refractivity contribution in [2.75, 3.05) is 24.6 Å². The molecule has 0 saturated carbocycles. The Balaban J connectivity index is 1.68. The second kappa shape index (κ2) is 8.90. The molecule has 0 unspecified atom stereocenters. The van der Waals surface area contributed by atoms with Crippen LogP contribution in [-0.2, 0) is 11.3 Å². The number of fused-ring (bicyclic) bond motifs is 1. The number of halogens is 1. The van der Waals surface area contributed by atoms with Crippen LogP contribution >= 0.6 is 11.6 Å². The topological polar surface area (TPSA) is 98.1 Å². The zero-order valence-corrected chi connectivity index (χ0v) is 19.6. The van der Waals surface area contributed by atoms with Crippen molar-refractivity contribution >= 4 is 34.5 Å². The smallest absolute Gasteiger partial charge is 0.320 e. The summed E-state index contributed by atoms with van der Waals surface area (Å²) in [7, 11) is 0. The molecule has 9 nitrogen and oxygen atoms in total. The monoisotopic (exact) mass is 457 g/mol. The van der Waals surface area contributed by atoms with E-state index in [4.69, 9.17) is 16.3 Å². The van der Waals surface area contributed by atoms with Crippen molar-refractivity contribution in [3.05, 3.63) is 34.9 Å². The summed E-state index contributed by atoms with van der Waals surface area (Å²) in [6.45, 7) is 10.1. The van der Waals surface area contributed by atoms with Crippen LogP contribution in [0.3, 0.4) is 0 Å². The molecule has 3 aromatic rings. The van der Waals surface area contributed by atoms with E-state index in [-0.39, 0.29) is 23.4 Å². The highest BCUT2D eigenvalue weighted by Crippen LogP contribution is 2.28. The van der Waals surface area contributed by atoms with Gasteiger partial charge < -0.3 is 15.0 Å². The van der Waals surface area contributed by atoms with Gasteiger partial charge in [0.05, 0.1) is 13.2 Å². The predicted molar refractivity (Wildman–Crippen MR) is 123 cm³/mol. The van der Waals surface area contributed by atoms with Crippen LogP contribution in [-0.4, -0.2) is 56.6 Å². The average Bonchev–Trinajstić information content (AvgIpc) is 3.33. The lowest BCUT2D eigenvalue weighted by molar-refractivity contribution is -0.119. The van der Waals surface area contributed by atoms with Gasteiger partial charge in [-0.2, -0.15) is 14.8 Å². The minimum atomic E-state index is -0.0374. The summed E-state index contributed by atoms with van der Waals surface area (Å²) < 4.78 is 5.90. The number of rotatable bonds is 6. The van der Waals surface area contributed by atoms with E-state index in [9.17, 15) is 4.79 Å². The highest BCUT2D eigenvalue weighted by atomic mass is 35.5. The second-order valence-corrected chi connectivity index (χ2v) is 9.71. The van der Waals surface area contributed by atoms with Crippen molar-refractivity contribution in [1.82, 2.24) is 30.3 Å². The van der Waals surface area contributed by atoms with Crippen molar-refractivity contribution in [3.8, 4) is 6.01 Å². The van der Waals surface area contributed by atoms with Gasteiger partial charge in [0.15, 0.2) is 11.3 Å². The van der Waals surface area contributed by atoms with Crippen LogP contribution in [0.15, 0.2) is 24.3 Å². The summed E-state index contributed by atoms with van der Waals surface area (Å²) in [6.07, 6.45) is 0.830. The Morgan fingerprint density at radius 1 is 1.25 bits per heavy atom. The van der Waals surface area contributed by atoms with Crippen LogP contribution in [0.4, 0.5) is 5.82 Å². The highest BCUT2D eigenvalue weighted by molar-refractivity contribution is 6.31. The minimum Gasteiger partial charge on any atom is -0.463 e. The van der Waals surface area contributed by atoms with Gasteiger partial charge in [0.1, 0.15) is 0 Å². The van der Waals surface area contributed by atoms with Gasteiger partial charge in [-0.25, -0.2) is 0 Å². The van der Waals surface area contributed by atoms with Crippen molar-refractivity contribution < 1.29 is 9.53 Å². The first-order valence-electron chi connectivity index (χ1n) is 10.7. The number of nitrogens with one attached hydrogen (secondary N) is 1. The summed E-state index contributed by atoms with van der Waals surface area (Å²) in [5, 5.41) is 12.9. The standard InChI is InChI=1S/C22H28ClN7O2/c1-14(31)24-16-9-10-29(12-16)20-18-19(25-21(26-20)32-13-22(2,3)4)28-30(27-18)11-15-7-5-6-8-17(15)23/h5-8,16H,9-13H2,1-4H3,(H,24,31)/t16-/m0/s1. The summed E-state index contributed by atoms with van der Waals surface area (Å²) in [4.78, 5) is 24.3. The van der Waals surface area contributed by atoms with E-state index in [2.05, 4.69) is 51.2 Å².